The number of aryl methyl sites for hydroxylation is 2. The zero-order chi connectivity index (χ0) is 14.9. The lowest BCUT2D eigenvalue weighted by molar-refractivity contribution is 0.0951. The van der Waals surface area contributed by atoms with Gasteiger partial charge in [-0.3, -0.25) is 4.79 Å². The number of nitrogens with zero attached hydrogens (tertiary/aromatic N) is 2. The van der Waals surface area contributed by atoms with E-state index in [9.17, 15) is 4.79 Å². The van der Waals surface area contributed by atoms with Crippen molar-refractivity contribution in [3.8, 4) is 0 Å². The summed E-state index contributed by atoms with van der Waals surface area (Å²) in [4.78, 5) is 18.5. The Morgan fingerprint density at radius 1 is 1.25 bits per heavy atom. The summed E-state index contributed by atoms with van der Waals surface area (Å²) in [5.74, 6) is 0.581. The van der Waals surface area contributed by atoms with Crippen LogP contribution < -0.4 is 4.90 Å². The van der Waals surface area contributed by atoms with E-state index in [0.717, 1.165) is 5.69 Å². The van der Waals surface area contributed by atoms with E-state index in [2.05, 4.69) is 4.98 Å². The molecule has 0 fully saturated rings. The zero-order valence-electron chi connectivity index (χ0n) is 12.0. The Labute approximate surface area is 123 Å². The first kappa shape index (κ1) is 14.6. The van der Waals surface area contributed by atoms with Gasteiger partial charge in [0, 0.05) is 23.7 Å². The van der Waals surface area contributed by atoms with Crippen LogP contribution in [-0.2, 0) is 0 Å². The maximum atomic E-state index is 12.7. The third-order valence-electron chi connectivity index (χ3n) is 2.94. The standard InChI is InChI=1S/C15H17ClN2O2/c1-9(2)18(13-7-5-12(16)6-8-13)15(19)14-10(3)17-11(4)20-14/h5-9H,1-4H3. The van der Waals surface area contributed by atoms with Crippen molar-refractivity contribution in [2.24, 2.45) is 0 Å². The molecule has 0 spiro atoms. The second-order valence-electron chi connectivity index (χ2n) is 4.89. The second kappa shape index (κ2) is 5.67. The minimum atomic E-state index is -0.194. The van der Waals surface area contributed by atoms with Gasteiger partial charge >= 0.3 is 0 Å². The van der Waals surface area contributed by atoms with E-state index in [1.807, 2.05) is 26.0 Å². The average molecular weight is 293 g/mol. The van der Waals surface area contributed by atoms with Crippen LogP contribution in [0.3, 0.4) is 0 Å². The van der Waals surface area contributed by atoms with Crippen molar-refractivity contribution >= 4 is 23.2 Å². The summed E-state index contributed by atoms with van der Waals surface area (Å²) in [6, 6.07) is 7.15. The molecule has 0 N–H and O–H groups in total. The minimum Gasteiger partial charge on any atom is -0.436 e. The van der Waals surface area contributed by atoms with Crippen molar-refractivity contribution in [3.63, 3.8) is 0 Å². The van der Waals surface area contributed by atoms with Gasteiger partial charge in [0.05, 0.1) is 5.69 Å². The SMILES string of the molecule is Cc1nc(C)c(C(=O)N(c2ccc(Cl)cc2)C(C)C)o1. The van der Waals surface area contributed by atoms with E-state index in [-0.39, 0.29) is 17.7 Å². The Kier molecular flexibility index (Phi) is 4.14. The maximum Gasteiger partial charge on any atom is 0.296 e. The fourth-order valence-corrected chi connectivity index (χ4v) is 2.22. The number of halogens is 1. The smallest absolute Gasteiger partial charge is 0.296 e. The highest BCUT2D eigenvalue weighted by Gasteiger charge is 2.25. The highest BCUT2D eigenvalue weighted by Crippen LogP contribution is 2.23. The molecule has 1 aromatic heterocycles. The van der Waals surface area contributed by atoms with Crippen LogP contribution in [-0.4, -0.2) is 16.9 Å². The van der Waals surface area contributed by atoms with Gasteiger partial charge in [-0.25, -0.2) is 4.98 Å². The Morgan fingerprint density at radius 3 is 2.30 bits per heavy atom. The molecule has 0 atom stereocenters. The molecule has 2 rings (SSSR count). The predicted octanol–water partition coefficient (Wildman–Crippen LogP) is 4.00. The highest BCUT2D eigenvalue weighted by atomic mass is 35.5. The number of benzene rings is 1. The molecule has 20 heavy (non-hydrogen) atoms. The molecule has 0 saturated heterocycles. The molecule has 0 radical (unpaired) electrons. The molecule has 0 unspecified atom stereocenters. The van der Waals surface area contributed by atoms with Crippen molar-refractivity contribution in [2.45, 2.75) is 33.7 Å². The number of carbonyl (C=O) groups is 1. The van der Waals surface area contributed by atoms with Crippen LogP contribution in [0.4, 0.5) is 5.69 Å². The van der Waals surface area contributed by atoms with Crippen molar-refractivity contribution in [1.29, 1.82) is 0 Å². The third-order valence-corrected chi connectivity index (χ3v) is 3.19. The molecule has 1 amide bonds. The summed E-state index contributed by atoms with van der Waals surface area (Å²) in [6.45, 7) is 7.39. The number of hydrogen-bond donors (Lipinski definition) is 0. The largest absolute Gasteiger partial charge is 0.436 e. The number of anilines is 1. The van der Waals surface area contributed by atoms with Gasteiger partial charge in [0.2, 0.25) is 5.76 Å². The first-order chi connectivity index (χ1) is 9.40. The zero-order valence-corrected chi connectivity index (χ0v) is 12.7. The van der Waals surface area contributed by atoms with Crippen LogP contribution in [0.25, 0.3) is 0 Å². The van der Waals surface area contributed by atoms with E-state index in [1.54, 1.807) is 30.9 Å². The van der Waals surface area contributed by atoms with Crippen LogP contribution >= 0.6 is 11.6 Å². The summed E-state index contributed by atoms with van der Waals surface area (Å²) in [5, 5.41) is 0.636. The van der Waals surface area contributed by atoms with Crippen molar-refractivity contribution in [3.05, 3.63) is 46.6 Å². The van der Waals surface area contributed by atoms with Gasteiger partial charge in [0.1, 0.15) is 0 Å². The van der Waals surface area contributed by atoms with Crippen LogP contribution in [0.15, 0.2) is 28.7 Å². The number of aromatic nitrogens is 1. The fourth-order valence-electron chi connectivity index (χ4n) is 2.09. The Bertz CT molecular complexity index is 617. The molecular formula is C15H17ClN2O2. The second-order valence-corrected chi connectivity index (χ2v) is 5.33. The highest BCUT2D eigenvalue weighted by molar-refractivity contribution is 6.30. The maximum absolute atomic E-state index is 12.7. The van der Waals surface area contributed by atoms with Crippen molar-refractivity contribution in [1.82, 2.24) is 4.98 Å². The number of rotatable bonds is 3. The molecule has 0 aliphatic heterocycles. The number of hydrogen-bond acceptors (Lipinski definition) is 3. The molecule has 0 aliphatic rings. The predicted molar refractivity (Wildman–Crippen MR) is 79.4 cm³/mol. The van der Waals surface area contributed by atoms with E-state index in [1.165, 1.54) is 0 Å². The lowest BCUT2D eigenvalue weighted by Gasteiger charge is -2.26. The molecule has 1 heterocycles. The van der Waals surface area contributed by atoms with Gasteiger partial charge in [0.25, 0.3) is 5.91 Å². The van der Waals surface area contributed by atoms with Crippen LogP contribution in [0, 0.1) is 13.8 Å². The van der Waals surface area contributed by atoms with Gasteiger partial charge in [-0.1, -0.05) is 11.6 Å². The Morgan fingerprint density at radius 2 is 1.85 bits per heavy atom. The first-order valence-electron chi connectivity index (χ1n) is 6.43. The van der Waals surface area contributed by atoms with Crippen LogP contribution in [0.5, 0.6) is 0 Å². The molecule has 5 heteroatoms. The fraction of sp³-hybridized carbons (Fsp3) is 0.333. The minimum absolute atomic E-state index is 0.00604. The summed E-state index contributed by atoms with van der Waals surface area (Å²) < 4.78 is 5.42. The molecule has 0 saturated carbocycles. The average Bonchev–Trinajstić information content (AvgIpc) is 2.70. The van der Waals surface area contributed by atoms with E-state index >= 15 is 0 Å². The molecule has 4 nitrogen and oxygen atoms in total. The summed E-state index contributed by atoms with van der Waals surface area (Å²) in [6.07, 6.45) is 0. The topological polar surface area (TPSA) is 46.3 Å². The Hall–Kier alpha value is -1.81. The Balaban J connectivity index is 2.41. The molecular weight excluding hydrogens is 276 g/mol. The van der Waals surface area contributed by atoms with Crippen molar-refractivity contribution < 1.29 is 9.21 Å². The van der Waals surface area contributed by atoms with Gasteiger partial charge in [-0.05, 0) is 45.0 Å². The normalized spacial score (nSPS) is 10.9. The van der Waals surface area contributed by atoms with E-state index in [4.69, 9.17) is 16.0 Å². The molecule has 0 aliphatic carbocycles. The lowest BCUT2D eigenvalue weighted by Crippen LogP contribution is -2.37. The third kappa shape index (κ3) is 2.85. The van der Waals surface area contributed by atoms with Gasteiger partial charge < -0.3 is 9.32 Å². The number of amides is 1. The van der Waals surface area contributed by atoms with Gasteiger partial charge in [0.15, 0.2) is 5.89 Å². The van der Waals surface area contributed by atoms with E-state index < -0.39 is 0 Å². The van der Waals surface area contributed by atoms with Gasteiger partial charge in [-0.2, -0.15) is 0 Å². The lowest BCUT2D eigenvalue weighted by atomic mass is 10.2. The first-order valence-corrected chi connectivity index (χ1v) is 6.81. The van der Waals surface area contributed by atoms with Crippen LogP contribution in [0.2, 0.25) is 5.02 Å². The quantitative estimate of drug-likeness (QED) is 0.859. The molecule has 2 aromatic rings. The molecule has 0 bridgehead atoms. The summed E-state index contributed by atoms with van der Waals surface area (Å²) >= 11 is 5.89. The van der Waals surface area contributed by atoms with Crippen LogP contribution in [0.1, 0.15) is 36.0 Å². The molecule has 106 valence electrons. The summed E-state index contributed by atoms with van der Waals surface area (Å²) in [5.41, 5.74) is 1.38. The van der Waals surface area contributed by atoms with Gasteiger partial charge in [-0.15, -0.1) is 0 Å². The van der Waals surface area contributed by atoms with Crippen molar-refractivity contribution in [2.75, 3.05) is 4.90 Å². The summed E-state index contributed by atoms with van der Waals surface area (Å²) in [7, 11) is 0. The van der Waals surface area contributed by atoms with E-state index in [0.29, 0.717) is 16.6 Å². The molecule has 1 aromatic carbocycles. The number of carbonyl (C=O) groups excluding carboxylic acids is 1. The monoisotopic (exact) mass is 292 g/mol. The number of oxazole rings is 1.